The number of ether oxygens (including phenoxy) is 2. The number of H-pyrrole nitrogens is 1. The number of benzene rings is 2. The van der Waals surface area contributed by atoms with Crippen LogP contribution in [0.3, 0.4) is 0 Å². The zero-order valence-electron chi connectivity index (χ0n) is 39.9. The second-order valence-corrected chi connectivity index (χ2v) is 17.2. The number of aryl methyl sites for hydroxylation is 3. The molecule has 0 atom stereocenters. The first-order valence-electron chi connectivity index (χ1n) is 21.9. The van der Waals surface area contributed by atoms with Crippen LogP contribution in [0.15, 0.2) is 72.8 Å². The Morgan fingerprint density at radius 1 is 0.690 bits per heavy atom. The van der Waals surface area contributed by atoms with E-state index in [1.165, 1.54) is 0 Å². The number of nitriles is 1. The number of nitrogen functional groups attached to an aromatic ring is 2. The Bertz CT molecular complexity index is 2950. The fourth-order valence-electron chi connectivity index (χ4n) is 7.33. The van der Waals surface area contributed by atoms with E-state index in [9.17, 15) is 9.59 Å². The number of hydrogen-bond donors (Lipinski definition) is 5. The van der Waals surface area contributed by atoms with Gasteiger partial charge in [0.1, 0.15) is 41.0 Å². The third kappa shape index (κ3) is 14.6. The Kier molecular flexibility index (Phi) is 20.5. The summed E-state index contributed by atoms with van der Waals surface area (Å²) in [5.74, 6) is 10.3. The number of nitrogens with zero attached hydrogens (tertiary/aromatic N) is 11. The van der Waals surface area contributed by atoms with Crippen LogP contribution in [0, 0.1) is 32.1 Å². The first-order valence-corrected chi connectivity index (χ1v) is 23.6. The van der Waals surface area contributed by atoms with Gasteiger partial charge in [0.15, 0.2) is 17.1 Å². The van der Waals surface area contributed by atoms with E-state index < -0.39 is 0 Å². The molecule has 20 nitrogen and oxygen atoms in total. The first-order chi connectivity index (χ1) is 34.1. The van der Waals surface area contributed by atoms with Gasteiger partial charge in [-0.2, -0.15) is 15.5 Å². The summed E-state index contributed by atoms with van der Waals surface area (Å²) in [6.45, 7) is 11.4. The number of fused-ring (bicyclic) bond motifs is 2. The van der Waals surface area contributed by atoms with Crippen molar-refractivity contribution < 1.29 is 19.1 Å². The van der Waals surface area contributed by atoms with Gasteiger partial charge in [0, 0.05) is 92.9 Å². The number of piperazine rings is 2. The topological polar surface area (TPSA) is 279 Å². The highest BCUT2D eigenvalue weighted by Gasteiger charge is 2.24. The summed E-state index contributed by atoms with van der Waals surface area (Å²) in [6, 6.07) is 24.4. The highest BCUT2D eigenvalue weighted by Crippen LogP contribution is 2.31. The number of hydrazine groups is 1. The molecule has 2 fully saturated rings. The van der Waals surface area contributed by atoms with E-state index in [4.69, 9.17) is 72.6 Å². The average Bonchev–Trinajstić information content (AvgIpc) is 3.91. The molecule has 7 aromatic rings. The minimum absolute atomic E-state index is 0.00463. The highest BCUT2D eigenvalue weighted by atomic mass is 35.5. The number of anilines is 4. The van der Waals surface area contributed by atoms with Gasteiger partial charge in [-0.3, -0.25) is 26.4 Å². The molecule has 0 spiro atoms. The molecule has 2 aromatic carbocycles. The lowest BCUT2D eigenvalue weighted by Crippen LogP contribution is -2.49. The maximum atomic E-state index is 12.8. The minimum Gasteiger partial charge on any atom is -0.495 e. The van der Waals surface area contributed by atoms with Gasteiger partial charge in [0.25, 0.3) is 0 Å². The number of nitrogens with two attached hydrogens (primary N) is 4. The summed E-state index contributed by atoms with van der Waals surface area (Å²) in [4.78, 5) is 44.9. The molecule has 9 N–H and O–H groups in total. The lowest BCUT2D eigenvalue weighted by molar-refractivity contribution is -0.132. The van der Waals surface area contributed by atoms with E-state index in [1.54, 1.807) is 35.9 Å². The van der Waals surface area contributed by atoms with Crippen LogP contribution in [0.1, 0.15) is 22.6 Å². The summed E-state index contributed by atoms with van der Waals surface area (Å²) in [7, 11) is 3.20. The minimum atomic E-state index is -0.00463. The number of alkyl halides is 1. The second-order valence-electron chi connectivity index (χ2n) is 15.7. The van der Waals surface area contributed by atoms with Crippen molar-refractivity contribution in [2.45, 2.75) is 27.3 Å². The molecule has 0 bridgehead atoms. The molecule has 0 aliphatic carbocycles. The van der Waals surface area contributed by atoms with Crippen LogP contribution in [0.5, 0.6) is 11.5 Å². The standard InChI is InChI=1S/C20H23ClN6O2.C13H16Cl2N2O2.C7H5ClN2.C7H8N4.H4N2/c1-13-3-5-15-19(22)24-27(20(15)23-13)12-18(28)26-9-7-25(8-10-26)14-4-6-16(21)17(11-14)29-2;1-19-12-8-10(2-3-11(12)15)16-4-6-17(7-5-16)13(18)9-14;1-5-2-3-6(4-9)7(8)10-5;1-4-2-3-5-6(8)10-11-7(5)9-4;1-2/h3-6,11H,7-10,12H2,1-2H3,(H2,22,24);2-3,8H,4-7,9H2,1H3;2-3H,1H3;2-3H,1H3,(H3,8,9,10,11);1-2H2. The number of nitrogens with one attached hydrogen (secondary N) is 1. The molecule has 24 heteroatoms. The van der Waals surface area contributed by atoms with Crippen molar-refractivity contribution in [3.63, 3.8) is 0 Å². The van der Waals surface area contributed by atoms with Gasteiger partial charge in [-0.15, -0.1) is 11.6 Å². The van der Waals surface area contributed by atoms with Crippen molar-refractivity contribution in [3.8, 4) is 17.6 Å². The molecule has 7 heterocycles. The fraction of sp³-hybridized carbons (Fsp3) is 0.319. The van der Waals surface area contributed by atoms with Crippen molar-refractivity contribution in [2.75, 3.05) is 93.7 Å². The van der Waals surface area contributed by atoms with Crippen molar-refractivity contribution in [1.82, 2.24) is 44.7 Å². The van der Waals surface area contributed by atoms with Crippen LogP contribution in [0.2, 0.25) is 15.2 Å². The van der Waals surface area contributed by atoms with Crippen molar-refractivity contribution in [1.29, 1.82) is 5.26 Å². The van der Waals surface area contributed by atoms with Gasteiger partial charge in [-0.05, 0) is 81.4 Å². The van der Waals surface area contributed by atoms with Gasteiger partial charge in [0.05, 0.1) is 40.6 Å². The smallest absolute Gasteiger partial charge is 0.244 e. The molecule has 9 rings (SSSR count). The number of pyridine rings is 3. The van der Waals surface area contributed by atoms with E-state index in [2.05, 4.69) is 51.7 Å². The molecule has 376 valence electrons. The molecular formula is C47H56Cl4N16O4. The lowest BCUT2D eigenvalue weighted by atomic mass is 10.2. The molecule has 0 radical (unpaired) electrons. The molecule has 2 aliphatic rings. The molecule has 5 aromatic heterocycles. The maximum absolute atomic E-state index is 12.8. The number of carbonyl (C=O) groups is 2. The Hall–Kier alpha value is -6.86. The molecule has 2 aliphatic heterocycles. The number of halogens is 4. The number of hydrogen-bond acceptors (Lipinski definition) is 16. The Morgan fingerprint density at radius 3 is 1.69 bits per heavy atom. The van der Waals surface area contributed by atoms with Crippen LogP contribution in [0.4, 0.5) is 23.0 Å². The van der Waals surface area contributed by atoms with Gasteiger partial charge >= 0.3 is 0 Å². The number of carbonyl (C=O) groups excluding carboxylic acids is 2. The third-order valence-electron chi connectivity index (χ3n) is 11.1. The van der Waals surface area contributed by atoms with Crippen molar-refractivity contribution in [2.24, 2.45) is 11.7 Å². The van der Waals surface area contributed by atoms with Gasteiger partial charge in [-0.1, -0.05) is 34.8 Å². The van der Waals surface area contributed by atoms with Gasteiger partial charge in [-0.25, -0.2) is 19.6 Å². The number of aromatic nitrogens is 7. The number of methoxy groups -OCH3 is 2. The average molecular weight is 1050 g/mol. The lowest BCUT2D eigenvalue weighted by Gasteiger charge is -2.36. The molecule has 2 saturated heterocycles. The van der Waals surface area contributed by atoms with E-state index in [1.807, 2.05) is 92.4 Å². The summed E-state index contributed by atoms with van der Waals surface area (Å²) < 4.78 is 12.1. The number of amides is 2. The van der Waals surface area contributed by atoms with Crippen LogP contribution < -0.4 is 42.4 Å². The zero-order chi connectivity index (χ0) is 51.8. The first kappa shape index (κ1) is 55.1. The van der Waals surface area contributed by atoms with Crippen LogP contribution in [-0.4, -0.2) is 129 Å². The van der Waals surface area contributed by atoms with Gasteiger partial charge < -0.3 is 40.5 Å². The number of rotatable bonds is 7. The molecule has 0 unspecified atom stereocenters. The van der Waals surface area contributed by atoms with Crippen molar-refractivity contribution in [3.05, 3.63) is 111 Å². The third-order valence-corrected chi connectivity index (χ3v) is 12.3. The molecule has 2 amide bonds. The second kappa shape index (κ2) is 26.4. The molecular weight excluding hydrogens is 994 g/mol. The van der Waals surface area contributed by atoms with Gasteiger partial charge in [0.2, 0.25) is 11.8 Å². The molecule has 0 saturated carbocycles. The monoisotopic (exact) mass is 1050 g/mol. The molecule has 71 heavy (non-hydrogen) atoms. The quantitative estimate of drug-likeness (QED) is 0.0518. The Labute approximate surface area is 431 Å². The zero-order valence-corrected chi connectivity index (χ0v) is 42.9. The normalized spacial score (nSPS) is 13.0. The predicted molar refractivity (Wildman–Crippen MR) is 281 cm³/mol. The predicted octanol–water partition coefficient (Wildman–Crippen LogP) is 6.15. The van der Waals surface area contributed by atoms with E-state index in [-0.39, 0.29) is 29.4 Å². The largest absolute Gasteiger partial charge is 0.495 e. The van der Waals surface area contributed by atoms with E-state index >= 15 is 0 Å². The van der Waals surface area contributed by atoms with E-state index in [0.29, 0.717) is 76.2 Å². The van der Waals surface area contributed by atoms with Crippen LogP contribution in [-0.2, 0) is 16.1 Å². The summed E-state index contributed by atoms with van der Waals surface area (Å²) in [5.41, 5.74) is 18.0. The summed E-state index contributed by atoms with van der Waals surface area (Å²) in [5, 5.41) is 22.4. The summed E-state index contributed by atoms with van der Waals surface area (Å²) >= 11 is 23.3. The van der Waals surface area contributed by atoms with E-state index in [0.717, 1.165) is 65.4 Å². The fourth-order valence-corrected chi connectivity index (χ4v) is 8.13. The maximum Gasteiger partial charge on any atom is 0.244 e. The summed E-state index contributed by atoms with van der Waals surface area (Å²) in [6.07, 6.45) is 0. The number of aromatic amines is 1. The SMILES string of the molecule is COc1cc(N2CCN(C(=O)CCl)CC2)ccc1Cl.COc1cc(N2CCN(C(=O)Cn3nc(N)c4ccc(C)nc43)CC2)ccc1Cl.Cc1ccc(C#N)c(Cl)n1.Cc1ccc2c(N)[nH]nc2n1.NN. The Morgan fingerprint density at radius 2 is 1.18 bits per heavy atom. The van der Waals surface area contributed by atoms with Crippen LogP contribution in [0.25, 0.3) is 22.1 Å². The van der Waals surface area contributed by atoms with Crippen molar-refractivity contribution >= 4 is 103 Å². The Balaban J connectivity index is 0.000000191. The van der Waals surface area contributed by atoms with Crippen LogP contribution >= 0.6 is 46.4 Å². The highest BCUT2D eigenvalue weighted by molar-refractivity contribution is 6.32.